The van der Waals surface area contributed by atoms with E-state index in [2.05, 4.69) is 44.5 Å². The quantitative estimate of drug-likeness (QED) is 0.772. The molecule has 0 bridgehead atoms. The number of halogens is 1. The molecule has 0 saturated carbocycles. The van der Waals surface area contributed by atoms with Crippen LogP contribution in [-0.4, -0.2) is 15.0 Å². The van der Waals surface area contributed by atoms with Gasteiger partial charge in [0, 0.05) is 6.20 Å². The van der Waals surface area contributed by atoms with Gasteiger partial charge in [-0.2, -0.15) is 0 Å². The van der Waals surface area contributed by atoms with E-state index in [1.807, 2.05) is 6.07 Å². The lowest BCUT2D eigenvalue weighted by Gasteiger charge is -2.26. The number of benzene rings is 1. The lowest BCUT2D eigenvalue weighted by atomic mass is 9.88. The second-order valence-electron chi connectivity index (χ2n) is 5.53. The van der Waals surface area contributed by atoms with Crippen LogP contribution in [0.25, 0.3) is 11.0 Å². The average Bonchev–Trinajstić information content (AvgIpc) is 2.55. The van der Waals surface area contributed by atoms with Gasteiger partial charge in [-0.1, -0.05) is 35.9 Å². The molecule has 0 saturated heterocycles. The summed E-state index contributed by atoms with van der Waals surface area (Å²) >= 11 is 5.99. The van der Waals surface area contributed by atoms with Gasteiger partial charge in [0.25, 0.3) is 0 Å². The van der Waals surface area contributed by atoms with Gasteiger partial charge in [-0.25, -0.2) is 15.0 Å². The summed E-state index contributed by atoms with van der Waals surface area (Å²) in [5.74, 6) is 0.767. The van der Waals surface area contributed by atoms with Crippen molar-refractivity contribution < 1.29 is 0 Å². The third kappa shape index (κ3) is 2.40. The predicted molar refractivity (Wildman–Crippen MR) is 88.1 cm³/mol. The molecule has 0 fully saturated rings. The first-order valence-corrected chi connectivity index (χ1v) is 7.79. The normalized spacial score (nSPS) is 17.2. The number of hydrogen-bond acceptors (Lipinski definition) is 4. The zero-order valence-corrected chi connectivity index (χ0v) is 12.7. The molecule has 0 aliphatic heterocycles. The van der Waals surface area contributed by atoms with E-state index in [4.69, 9.17) is 11.6 Å². The molecular weight excluding hydrogens is 296 g/mol. The van der Waals surface area contributed by atoms with Crippen molar-refractivity contribution in [3.63, 3.8) is 0 Å². The summed E-state index contributed by atoms with van der Waals surface area (Å²) in [5.41, 5.74) is 4.29. The second-order valence-corrected chi connectivity index (χ2v) is 5.97. The number of anilines is 1. The lowest BCUT2D eigenvalue weighted by Crippen LogP contribution is -2.18. The summed E-state index contributed by atoms with van der Waals surface area (Å²) in [6, 6.07) is 10.7. The van der Waals surface area contributed by atoms with Gasteiger partial charge in [0.05, 0.1) is 16.6 Å². The molecule has 2 heterocycles. The molecule has 1 unspecified atom stereocenters. The number of nitrogens with one attached hydrogen (secondary N) is 1. The fourth-order valence-corrected chi connectivity index (χ4v) is 3.25. The van der Waals surface area contributed by atoms with Crippen molar-refractivity contribution in [3.8, 4) is 0 Å². The molecule has 0 radical (unpaired) electrons. The Bertz CT molecular complexity index is 834. The van der Waals surface area contributed by atoms with Crippen LogP contribution < -0.4 is 5.32 Å². The molecule has 1 atom stereocenters. The molecule has 4 nitrogen and oxygen atoms in total. The zero-order chi connectivity index (χ0) is 14.9. The van der Waals surface area contributed by atoms with Gasteiger partial charge in [-0.15, -0.1) is 0 Å². The van der Waals surface area contributed by atoms with Crippen LogP contribution in [0.5, 0.6) is 0 Å². The Balaban J connectivity index is 1.73. The standard InChI is InChI=1S/C17H15ClN4/c18-12-8-15-16(19-9-12)17(21-10-20-15)22-14-7-3-5-11-4-1-2-6-13(11)14/h1-2,4,6,8-10,14H,3,5,7H2,(H,20,21,22). The topological polar surface area (TPSA) is 50.7 Å². The first-order chi connectivity index (χ1) is 10.8. The third-order valence-electron chi connectivity index (χ3n) is 4.12. The molecule has 0 amide bonds. The molecule has 2 aromatic heterocycles. The summed E-state index contributed by atoms with van der Waals surface area (Å²) in [7, 11) is 0. The van der Waals surface area contributed by atoms with E-state index in [9.17, 15) is 0 Å². The molecule has 0 spiro atoms. The molecule has 1 aliphatic carbocycles. The highest BCUT2D eigenvalue weighted by molar-refractivity contribution is 6.31. The van der Waals surface area contributed by atoms with Gasteiger partial charge < -0.3 is 5.32 Å². The van der Waals surface area contributed by atoms with Crippen LogP contribution in [-0.2, 0) is 6.42 Å². The van der Waals surface area contributed by atoms with E-state index in [-0.39, 0.29) is 6.04 Å². The number of rotatable bonds is 2. The Labute approximate surface area is 133 Å². The van der Waals surface area contributed by atoms with Gasteiger partial charge in [-0.3, -0.25) is 0 Å². The fraction of sp³-hybridized carbons (Fsp3) is 0.235. The van der Waals surface area contributed by atoms with Crippen molar-refractivity contribution in [2.75, 3.05) is 5.32 Å². The van der Waals surface area contributed by atoms with E-state index in [0.717, 1.165) is 29.7 Å². The average molecular weight is 311 g/mol. The molecule has 4 rings (SSSR count). The highest BCUT2D eigenvalue weighted by Gasteiger charge is 2.20. The maximum absolute atomic E-state index is 5.99. The monoisotopic (exact) mass is 310 g/mol. The number of pyridine rings is 1. The van der Waals surface area contributed by atoms with Crippen LogP contribution in [0, 0.1) is 0 Å². The number of aromatic nitrogens is 3. The van der Waals surface area contributed by atoms with Crippen LogP contribution in [0.15, 0.2) is 42.9 Å². The van der Waals surface area contributed by atoms with Crippen molar-refractivity contribution in [2.24, 2.45) is 0 Å². The van der Waals surface area contributed by atoms with Gasteiger partial charge in [0.2, 0.25) is 0 Å². The van der Waals surface area contributed by atoms with Gasteiger partial charge in [0.1, 0.15) is 11.8 Å². The van der Waals surface area contributed by atoms with E-state index in [0.29, 0.717) is 5.02 Å². The third-order valence-corrected chi connectivity index (χ3v) is 4.33. The number of aryl methyl sites for hydroxylation is 1. The summed E-state index contributed by atoms with van der Waals surface area (Å²) in [6.45, 7) is 0. The highest BCUT2D eigenvalue weighted by atomic mass is 35.5. The maximum Gasteiger partial charge on any atom is 0.156 e. The van der Waals surface area contributed by atoms with Crippen LogP contribution in [0.2, 0.25) is 5.02 Å². The fourth-order valence-electron chi connectivity index (χ4n) is 3.09. The molecule has 110 valence electrons. The minimum atomic E-state index is 0.264. The van der Waals surface area contributed by atoms with E-state index < -0.39 is 0 Å². The van der Waals surface area contributed by atoms with Crippen LogP contribution in [0.3, 0.4) is 0 Å². The van der Waals surface area contributed by atoms with Gasteiger partial charge in [-0.05, 0) is 36.5 Å². The smallest absolute Gasteiger partial charge is 0.156 e. The molecule has 1 N–H and O–H groups in total. The van der Waals surface area contributed by atoms with Crippen molar-refractivity contribution in [3.05, 3.63) is 59.0 Å². The largest absolute Gasteiger partial charge is 0.361 e. The molecule has 5 heteroatoms. The van der Waals surface area contributed by atoms with Gasteiger partial charge in [0.15, 0.2) is 5.82 Å². The maximum atomic E-state index is 5.99. The Kier molecular flexibility index (Phi) is 3.39. The number of nitrogens with zero attached hydrogens (tertiary/aromatic N) is 3. The van der Waals surface area contributed by atoms with Crippen LogP contribution in [0.4, 0.5) is 5.82 Å². The van der Waals surface area contributed by atoms with Crippen molar-refractivity contribution >= 4 is 28.5 Å². The summed E-state index contributed by atoms with van der Waals surface area (Å²) < 4.78 is 0. The van der Waals surface area contributed by atoms with E-state index in [1.54, 1.807) is 12.5 Å². The van der Waals surface area contributed by atoms with Crippen LogP contribution in [0.1, 0.15) is 30.0 Å². The summed E-state index contributed by atoms with van der Waals surface area (Å²) in [4.78, 5) is 13.0. The minimum Gasteiger partial charge on any atom is -0.361 e. The van der Waals surface area contributed by atoms with Gasteiger partial charge >= 0.3 is 0 Å². The zero-order valence-electron chi connectivity index (χ0n) is 12.0. The molecule has 1 aromatic carbocycles. The SMILES string of the molecule is Clc1cnc2c(NC3CCCc4ccccc43)ncnc2c1. The molecule has 3 aromatic rings. The van der Waals surface area contributed by atoms with E-state index in [1.165, 1.54) is 17.5 Å². The summed E-state index contributed by atoms with van der Waals surface area (Å²) in [6.07, 6.45) is 6.60. The van der Waals surface area contributed by atoms with Crippen molar-refractivity contribution in [1.29, 1.82) is 0 Å². The first kappa shape index (κ1) is 13.5. The Morgan fingerprint density at radius 3 is 3.00 bits per heavy atom. The minimum absolute atomic E-state index is 0.264. The number of fused-ring (bicyclic) bond motifs is 2. The molecule has 22 heavy (non-hydrogen) atoms. The summed E-state index contributed by atoms with van der Waals surface area (Å²) in [5, 5.41) is 4.13. The predicted octanol–water partition coefficient (Wildman–Crippen LogP) is 4.17. The van der Waals surface area contributed by atoms with Crippen LogP contribution >= 0.6 is 11.6 Å². The van der Waals surface area contributed by atoms with E-state index >= 15 is 0 Å². The highest BCUT2D eigenvalue weighted by Crippen LogP contribution is 2.33. The molecular formula is C17H15ClN4. The van der Waals surface area contributed by atoms with Crippen molar-refractivity contribution in [1.82, 2.24) is 15.0 Å². The number of hydrogen-bond donors (Lipinski definition) is 1. The van der Waals surface area contributed by atoms with Crippen molar-refractivity contribution in [2.45, 2.75) is 25.3 Å². The Hall–Kier alpha value is -2.20. The Morgan fingerprint density at radius 1 is 1.14 bits per heavy atom. The first-order valence-electron chi connectivity index (χ1n) is 7.42. The lowest BCUT2D eigenvalue weighted by molar-refractivity contribution is 0.599. The molecule has 1 aliphatic rings. The second kappa shape index (κ2) is 5.54. The Morgan fingerprint density at radius 2 is 2.05 bits per heavy atom.